The first kappa shape index (κ1) is 27.8. The maximum absolute atomic E-state index is 12.9. The lowest BCUT2D eigenvalue weighted by molar-refractivity contribution is 0.102. The number of unbranched alkanes of at least 4 members (excludes halogenated alkanes) is 1. The van der Waals surface area contributed by atoms with E-state index in [1.807, 2.05) is 18.2 Å². The Morgan fingerprint density at radius 3 is 2.50 bits per heavy atom. The van der Waals surface area contributed by atoms with Crippen LogP contribution in [-0.2, 0) is 6.42 Å². The zero-order chi connectivity index (χ0) is 24.7. The molecule has 4 N–H and O–H groups in total. The molecule has 0 saturated carbocycles. The summed E-state index contributed by atoms with van der Waals surface area (Å²) in [7, 11) is 0. The van der Waals surface area contributed by atoms with Gasteiger partial charge in [-0.1, -0.05) is 43.8 Å². The zero-order valence-electron chi connectivity index (χ0n) is 19.8. The Labute approximate surface area is 219 Å². The van der Waals surface area contributed by atoms with Crippen LogP contribution in [0.1, 0.15) is 36.2 Å². The third-order valence-corrected chi connectivity index (χ3v) is 5.66. The van der Waals surface area contributed by atoms with Crippen LogP contribution in [0.3, 0.4) is 0 Å². The third kappa shape index (κ3) is 6.48. The van der Waals surface area contributed by atoms with Crippen LogP contribution in [-0.4, -0.2) is 38.6 Å². The Kier molecular flexibility index (Phi) is 9.44. The molecule has 2 aromatic heterocycles. The smallest absolute Gasteiger partial charge is 0.255 e. The average molecular weight is 516 g/mol. The summed E-state index contributed by atoms with van der Waals surface area (Å²) in [6.45, 7) is 0.607. The number of hydrogen-bond donors (Lipinski definition) is 2. The number of fused-ring (bicyclic) bond motifs is 1. The quantitative estimate of drug-likeness (QED) is 0.275. The van der Waals surface area contributed by atoms with Crippen LogP contribution in [0.2, 0.25) is 0 Å². The van der Waals surface area contributed by atoms with Crippen molar-refractivity contribution < 1.29 is 19.4 Å². The van der Waals surface area contributed by atoms with E-state index in [0.717, 1.165) is 19.3 Å². The Morgan fingerprint density at radius 1 is 0.974 bits per heavy atom. The van der Waals surface area contributed by atoms with Gasteiger partial charge in [0, 0.05) is 11.6 Å². The predicted octanol–water partition coefficient (Wildman–Crippen LogP) is 4.44. The minimum atomic E-state index is -0.343. The number of anilines is 1. The molecular formula is C28H29N5O5. The molecule has 5 aromatic rings. The van der Waals surface area contributed by atoms with Gasteiger partial charge in [-0.05, 0) is 66.4 Å². The van der Waals surface area contributed by atoms with Gasteiger partial charge in [0.05, 0.1) is 17.7 Å². The highest BCUT2D eigenvalue weighted by Crippen LogP contribution is 2.26. The fraction of sp³-hybridized carbons (Fsp3) is 0.179. The molecule has 0 saturated heterocycles. The number of para-hydroxylation sites is 1. The molecule has 5 rings (SSSR count). The molecule has 38 heavy (non-hydrogen) atoms. The fourth-order valence-electron chi connectivity index (χ4n) is 3.81. The number of carbonyl (C=O) groups excluding carboxylic acids is 1. The molecule has 0 aliphatic carbocycles. The van der Waals surface area contributed by atoms with Crippen molar-refractivity contribution in [1.82, 2.24) is 20.6 Å². The molecular weight excluding hydrogens is 486 g/mol. The van der Waals surface area contributed by atoms with E-state index < -0.39 is 0 Å². The van der Waals surface area contributed by atoms with E-state index in [-0.39, 0.29) is 41.4 Å². The molecule has 0 aliphatic rings. The number of nitrogens with one attached hydrogen (secondary N) is 2. The lowest BCUT2D eigenvalue weighted by Crippen LogP contribution is -2.13. The molecule has 0 unspecified atom stereocenters. The molecule has 0 bridgehead atoms. The van der Waals surface area contributed by atoms with Crippen LogP contribution in [0.25, 0.3) is 22.6 Å². The second-order valence-corrected chi connectivity index (χ2v) is 8.16. The summed E-state index contributed by atoms with van der Waals surface area (Å²) in [5.74, 6) is 0.649. The summed E-state index contributed by atoms with van der Waals surface area (Å²) in [4.78, 5) is 25.5. The summed E-state index contributed by atoms with van der Waals surface area (Å²) >= 11 is 0. The Hall–Kier alpha value is -4.83. The van der Waals surface area contributed by atoms with Gasteiger partial charge in [0.25, 0.3) is 5.91 Å². The molecule has 0 atom stereocenters. The molecule has 10 nitrogen and oxygen atoms in total. The Morgan fingerprint density at radius 2 is 1.76 bits per heavy atom. The summed E-state index contributed by atoms with van der Waals surface area (Å²) in [6.07, 6.45) is 3.00. The number of H-pyrrole nitrogens is 1. The standard InChI is InChI=1S/C27H23N5O4.CH4.H2O/c33-23-17-24(26-29-31-32-30-26)36-25-21(23)10-6-11-22(25)28-27(34)19-12-14-20(15-13-19)35-16-5-4-9-18-7-2-1-3-8-18;;/h1-3,6-8,10-15,17H,4-5,9,16H2,(H,28,34)(H,29,30,31,32);1H4;1H2. The molecule has 1 amide bonds. The van der Waals surface area contributed by atoms with Crippen molar-refractivity contribution in [2.24, 2.45) is 0 Å². The molecule has 0 fully saturated rings. The summed E-state index contributed by atoms with van der Waals surface area (Å²) < 4.78 is 11.7. The molecule has 2 heterocycles. The number of rotatable bonds is 9. The predicted molar refractivity (Wildman–Crippen MR) is 145 cm³/mol. The van der Waals surface area contributed by atoms with Crippen LogP contribution < -0.4 is 15.5 Å². The van der Waals surface area contributed by atoms with Crippen molar-refractivity contribution in [2.45, 2.75) is 26.7 Å². The van der Waals surface area contributed by atoms with Gasteiger partial charge in [-0.25, -0.2) is 0 Å². The first-order valence-electron chi connectivity index (χ1n) is 11.6. The number of benzene rings is 3. The molecule has 3 aromatic carbocycles. The van der Waals surface area contributed by atoms with Crippen molar-refractivity contribution in [3.05, 3.63) is 100 Å². The highest BCUT2D eigenvalue weighted by molar-refractivity contribution is 6.08. The summed E-state index contributed by atoms with van der Waals surface area (Å²) in [5.41, 5.74) is 2.08. The van der Waals surface area contributed by atoms with E-state index in [1.54, 1.807) is 42.5 Å². The van der Waals surface area contributed by atoms with Crippen molar-refractivity contribution in [3.63, 3.8) is 0 Å². The SMILES string of the molecule is C.O.O=C(Nc1cccc2c(=O)cc(-c3nn[nH]n3)oc12)c1ccc(OCCCCc2ccccc2)cc1. The lowest BCUT2D eigenvalue weighted by Gasteiger charge is -2.10. The Bertz CT molecular complexity index is 1520. The van der Waals surface area contributed by atoms with E-state index >= 15 is 0 Å². The molecule has 0 radical (unpaired) electrons. The normalized spacial score (nSPS) is 10.3. The second kappa shape index (κ2) is 12.9. The van der Waals surface area contributed by atoms with Crippen LogP contribution in [0.5, 0.6) is 5.75 Å². The maximum atomic E-state index is 12.9. The van der Waals surface area contributed by atoms with Gasteiger partial charge in [0.15, 0.2) is 16.8 Å². The fourth-order valence-corrected chi connectivity index (χ4v) is 3.81. The third-order valence-electron chi connectivity index (χ3n) is 5.66. The highest BCUT2D eigenvalue weighted by atomic mass is 16.5. The van der Waals surface area contributed by atoms with Gasteiger partial charge in [0.1, 0.15) is 5.75 Å². The number of amides is 1. The molecule has 0 spiro atoms. The van der Waals surface area contributed by atoms with Crippen LogP contribution in [0.4, 0.5) is 5.69 Å². The number of tetrazole rings is 1. The lowest BCUT2D eigenvalue weighted by atomic mass is 10.1. The second-order valence-electron chi connectivity index (χ2n) is 8.16. The zero-order valence-corrected chi connectivity index (χ0v) is 19.8. The number of aryl methyl sites for hydroxylation is 1. The first-order valence-corrected chi connectivity index (χ1v) is 11.6. The number of aromatic nitrogens is 4. The van der Waals surface area contributed by atoms with Gasteiger partial charge in [-0.3, -0.25) is 9.59 Å². The highest BCUT2D eigenvalue weighted by Gasteiger charge is 2.15. The molecule has 196 valence electrons. The largest absolute Gasteiger partial charge is 0.494 e. The van der Waals surface area contributed by atoms with E-state index in [1.165, 1.54) is 11.6 Å². The summed E-state index contributed by atoms with van der Waals surface area (Å²) in [5, 5.41) is 16.7. The minimum Gasteiger partial charge on any atom is -0.494 e. The number of aromatic amines is 1. The topological polar surface area (TPSA) is 154 Å². The number of ether oxygens (including phenoxy) is 1. The Balaban J connectivity index is 0.00000200. The minimum absolute atomic E-state index is 0. The number of carbonyl (C=O) groups is 1. The van der Waals surface area contributed by atoms with Gasteiger partial charge in [0.2, 0.25) is 5.82 Å². The van der Waals surface area contributed by atoms with E-state index in [4.69, 9.17) is 9.15 Å². The number of hydrogen-bond acceptors (Lipinski definition) is 7. The molecule has 0 aliphatic heterocycles. The van der Waals surface area contributed by atoms with Crippen molar-refractivity contribution >= 4 is 22.6 Å². The van der Waals surface area contributed by atoms with Gasteiger partial charge in [-0.15, -0.1) is 10.2 Å². The summed E-state index contributed by atoms with van der Waals surface area (Å²) in [6, 6.07) is 23.6. The van der Waals surface area contributed by atoms with Crippen molar-refractivity contribution in [3.8, 4) is 17.3 Å². The monoisotopic (exact) mass is 515 g/mol. The van der Waals surface area contributed by atoms with Gasteiger partial charge in [-0.2, -0.15) is 5.21 Å². The van der Waals surface area contributed by atoms with E-state index in [9.17, 15) is 9.59 Å². The van der Waals surface area contributed by atoms with Crippen LogP contribution in [0.15, 0.2) is 88.1 Å². The number of nitrogens with zero attached hydrogens (tertiary/aromatic N) is 3. The van der Waals surface area contributed by atoms with Gasteiger partial charge >= 0.3 is 0 Å². The van der Waals surface area contributed by atoms with E-state index in [0.29, 0.717) is 29.0 Å². The van der Waals surface area contributed by atoms with Gasteiger partial charge < -0.3 is 19.9 Å². The first-order chi connectivity index (χ1) is 17.7. The van der Waals surface area contributed by atoms with E-state index in [2.05, 4.69) is 38.1 Å². The van der Waals surface area contributed by atoms with Crippen LogP contribution in [0, 0.1) is 0 Å². The van der Waals surface area contributed by atoms with Crippen molar-refractivity contribution in [1.29, 1.82) is 0 Å². The van der Waals surface area contributed by atoms with Crippen LogP contribution >= 0.6 is 0 Å². The maximum Gasteiger partial charge on any atom is 0.255 e. The molecule has 10 heteroatoms. The van der Waals surface area contributed by atoms with Crippen molar-refractivity contribution in [2.75, 3.05) is 11.9 Å². The average Bonchev–Trinajstić information content (AvgIpc) is 3.45.